The predicted molar refractivity (Wildman–Crippen MR) is 137 cm³/mol. The zero-order valence-corrected chi connectivity index (χ0v) is 20.9. The number of likely N-dealkylation sites (tertiary alicyclic amines) is 1. The Hall–Kier alpha value is -3.24. The van der Waals surface area contributed by atoms with Gasteiger partial charge in [-0.25, -0.2) is 9.59 Å². The van der Waals surface area contributed by atoms with Crippen LogP contribution in [0.25, 0.3) is 5.69 Å². The van der Waals surface area contributed by atoms with Gasteiger partial charge in [-0.05, 0) is 54.9 Å². The Morgan fingerprint density at radius 2 is 1.81 bits per heavy atom. The topological polar surface area (TPSA) is 112 Å². The number of fused-ring (bicyclic) bond motifs is 1. The number of piperidine rings is 1. The molecule has 3 heterocycles. The second-order valence-corrected chi connectivity index (χ2v) is 10.2. The summed E-state index contributed by atoms with van der Waals surface area (Å²) >= 11 is 0. The van der Waals surface area contributed by atoms with Crippen LogP contribution in [-0.2, 0) is 11.2 Å². The lowest BCUT2D eigenvalue weighted by atomic mass is 10.0. The summed E-state index contributed by atoms with van der Waals surface area (Å²) in [6.07, 6.45) is 2.59. The van der Waals surface area contributed by atoms with E-state index in [1.165, 1.54) is 10.1 Å². The van der Waals surface area contributed by atoms with Gasteiger partial charge >= 0.3 is 11.7 Å². The second kappa shape index (κ2) is 10.4. The number of carbonyl (C=O) groups excluding carboxylic acids is 2. The number of amides is 3. The number of hydrogen-bond acceptors (Lipinski definition) is 6. The maximum Gasteiger partial charge on any atom is 0.354 e. The first-order valence-electron chi connectivity index (χ1n) is 12.8. The Bertz CT molecular complexity index is 1150. The number of rotatable bonds is 7. The smallest absolute Gasteiger partial charge is 0.354 e. The molecule has 2 aromatic rings. The molecule has 1 aromatic carbocycles. The van der Waals surface area contributed by atoms with E-state index < -0.39 is 5.69 Å². The molecule has 2 unspecified atom stereocenters. The summed E-state index contributed by atoms with van der Waals surface area (Å²) in [5.74, 6) is 2.38. The van der Waals surface area contributed by atoms with Gasteiger partial charge in [-0.3, -0.25) is 19.6 Å². The van der Waals surface area contributed by atoms with Crippen LogP contribution in [0.3, 0.4) is 0 Å². The first-order chi connectivity index (χ1) is 17.4. The molecule has 10 heteroatoms. The minimum Gasteiger partial charge on any atom is -0.356 e. The molecule has 1 aromatic heterocycles. The highest BCUT2D eigenvalue weighted by Crippen LogP contribution is 2.51. The molecular formula is C26H35N7O3. The molecule has 3 aliphatic rings. The van der Waals surface area contributed by atoms with Crippen LogP contribution in [0.4, 0.5) is 10.6 Å². The van der Waals surface area contributed by atoms with Crippen LogP contribution >= 0.6 is 0 Å². The number of aromatic nitrogens is 2. The normalized spacial score (nSPS) is 24.2. The van der Waals surface area contributed by atoms with Gasteiger partial charge in [0.2, 0.25) is 5.91 Å². The van der Waals surface area contributed by atoms with E-state index in [0.717, 1.165) is 44.8 Å². The summed E-state index contributed by atoms with van der Waals surface area (Å²) in [5, 5.41) is 8.88. The second-order valence-electron chi connectivity index (χ2n) is 10.2. The quantitative estimate of drug-likeness (QED) is 0.529. The summed E-state index contributed by atoms with van der Waals surface area (Å²) in [6.45, 7) is 9.65. The molecule has 36 heavy (non-hydrogen) atoms. The largest absolute Gasteiger partial charge is 0.356 e. The third kappa shape index (κ3) is 5.44. The highest BCUT2D eigenvalue weighted by Gasteiger charge is 2.55. The van der Waals surface area contributed by atoms with Crippen molar-refractivity contribution in [2.75, 3.05) is 51.1 Å². The fourth-order valence-electron chi connectivity index (χ4n) is 5.59. The maximum absolute atomic E-state index is 12.6. The van der Waals surface area contributed by atoms with Gasteiger partial charge in [0.05, 0.1) is 5.69 Å². The van der Waals surface area contributed by atoms with Gasteiger partial charge in [-0.2, -0.15) is 4.98 Å². The molecule has 5 rings (SSSR count). The maximum atomic E-state index is 12.6. The van der Waals surface area contributed by atoms with Crippen molar-refractivity contribution in [1.82, 2.24) is 30.0 Å². The van der Waals surface area contributed by atoms with E-state index in [1.54, 1.807) is 24.1 Å². The average molecular weight is 494 g/mol. The predicted octanol–water partition coefficient (Wildman–Crippen LogP) is 0.915. The van der Waals surface area contributed by atoms with Crippen molar-refractivity contribution in [2.45, 2.75) is 26.3 Å². The molecule has 0 radical (unpaired) electrons. The van der Waals surface area contributed by atoms with Crippen molar-refractivity contribution < 1.29 is 9.59 Å². The minimum absolute atomic E-state index is 0.0558. The third-order valence-electron chi connectivity index (χ3n) is 7.80. The zero-order valence-electron chi connectivity index (χ0n) is 20.9. The Labute approximate surface area is 211 Å². The monoisotopic (exact) mass is 493 g/mol. The van der Waals surface area contributed by atoms with Gasteiger partial charge in [-0.15, -0.1) is 0 Å². The van der Waals surface area contributed by atoms with Crippen LogP contribution < -0.4 is 21.6 Å². The van der Waals surface area contributed by atoms with Crippen molar-refractivity contribution in [3.05, 3.63) is 52.6 Å². The third-order valence-corrected chi connectivity index (χ3v) is 7.80. The fraction of sp³-hybridized carbons (Fsp3) is 0.538. The number of urea groups is 1. The standard InChI is InChI=1S/C26H35N7O3/c1-17(32-15-22-21(23(22)16-32)14-28-18(2)34)13-19-3-5-20(6-4-19)33-10-7-24(30-26(33)36)29-25(35)31-11-8-27-9-12-31/h3-7,10,17,21-23,27H,8-9,11-16H2,1-2H3,(H,28,34)(H,29,30,35,36)/t17?,21?,22-,23+. The molecule has 10 nitrogen and oxygen atoms in total. The summed E-state index contributed by atoms with van der Waals surface area (Å²) in [6, 6.07) is 9.86. The number of nitrogens with zero attached hydrogens (tertiary/aromatic N) is 4. The molecule has 1 aliphatic carbocycles. The highest BCUT2D eigenvalue weighted by atomic mass is 16.2. The lowest BCUT2D eigenvalue weighted by Crippen LogP contribution is -2.48. The van der Waals surface area contributed by atoms with Crippen molar-refractivity contribution in [3.8, 4) is 5.69 Å². The van der Waals surface area contributed by atoms with Crippen LogP contribution in [-0.4, -0.2) is 83.1 Å². The zero-order chi connectivity index (χ0) is 25.2. The van der Waals surface area contributed by atoms with Gasteiger partial charge in [0, 0.05) is 65.0 Å². The van der Waals surface area contributed by atoms with Crippen LogP contribution in [0, 0.1) is 17.8 Å². The van der Waals surface area contributed by atoms with E-state index in [0.29, 0.717) is 36.9 Å². The van der Waals surface area contributed by atoms with Gasteiger partial charge in [0.1, 0.15) is 5.82 Å². The van der Waals surface area contributed by atoms with Gasteiger partial charge in [-0.1, -0.05) is 12.1 Å². The first-order valence-corrected chi connectivity index (χ1v) is 12.8. The minimum atomic E-state index is -0.431. The molecule has 3 fully saturated rings. The summed E-state index contributed by atoms with van der Waals surface area (Å²) in [5.41, 5.74) is 1.54. The van der Waals surface area contributed by atoms with E-state index in [2.05, 4.69) is 44.9 Å². The Kier molecular flexibility index (Phi) is 7.06. The van der Waals surface area contributed by atoms with Crippen molar-refractivity contribution in [2.24, 2.45) is 17.8 Å². The molecule has 3 N–H and O–H groups in total. The fourth-order valence-corrected chi connectivity index (χ4v) is 5.59. The number of hydrogen-bond donors (Lipinski definition) is 3. The van der Waals surface area contributed by atoms with Crippen LogP contribution in [0.2, 0.25) is 0 Å². The van der Waals surface area contributed by atoms with E-state index in [9.17, 15) is 14.4 Å². The SMILES string of the molecule is CC(=O)NCC1[C@H]2CN(C(C)Cc3ccc(-n4ccc(NC(=O)N5CCNCC5)nc4=O)cc3)C[C@@H]12. The Balaban J connectivity index is 1.14. The highest BCUT2D eigenvalue weighted by molar-refractivity contribution is 5.88. The van der Waals surface area contributed by atoms with Crippen molar-refractivity contribution in [1.29, 1.82) is 0 Å². The van der Waals surface area contributed by atoms with Gasteiger partial charge < -0.3 is 15.5 Å². The van der Waals surface area contributed by atoms with E-state index in [-0.39, 0.29) is 17.8 Å². The van der Waals surface area contributed by atoms with Crippen molar-refractivity contribution >= 4 is 17.8 Å². The lowest BCUT2D eigenvalue weighted by Gasteiger charge is -2.27. The van der Waals surface area contributed by atoms with Crippen LogP contribution in [0.15, 0.2) is 41.3 Å². The van der Waals surface area contributed by atoms with Crippen LogP contribution in [0.5, 0.6) is 0 Å². The number of piperazine rings is 1. The van der Waals surface area contributed by atoms with E-state index in [4.69, 9.17) is 0 Å². The van der Waals surface area contributed by atoms with Crippen LogP contribution in [0.1, 0.15) is 19.4 Å². The van der Waals surface area contributed by atoms with Gasteiger partial charge in [0.15, 0.2) is 0 Å². The molecule has 3 amide bonds. The molecule has 0 spiro atoms. The number of nitrogens with one attached hydrogen (secondary N) is 3. The molecular weight excluding hydrogens is 458 g/mol. The molecule has 1 saturated carbocycles. The average Bonchev–Trinajstić information content (AvgIpc) is 3.32. The Morgan fingerprint density at radius 1 is 1.11 bits per heavy atom. The number of benzene rings is 1. The summed E-state index contributed by atoms with van der Waals surface area (Å²) in [7, 11) is 0. The summed E-state index contributed by atoms with van der Waals surface area (Å²) < 4.78 is 1.48. The van der Waals surface area contributed by atoms with E-state index >= 15 is 0 Å². The number of carbonyl (C=O) groups is 2. The molecule has 2 saturated heterocycles. The first kappa shape index (κ1) is 24.5. The van der Waals surface area contributed by atoms with Crippen molar-refractivity contribution in [3.63, 3.8) is 0 Å². The summed E-state index contributed by atoms with van der Waals surface area (Å²) in [4.78, 5) is 44.5. The molecule has 4 atom stereocenters. The molecule has 192 valence electrons. The lowest BCUT2D eigenvalue weighted by molar-refractivity contribution is -0.119. The van der Waals surface area contributed by atoms with E-state index in [1.807, 2.05) is 12.1 Å². The van der Waals surface area contributed by atoms with Gasteiger partial charge in [0.25, 0.3) is 0 Å². The Morgan fingerprint density at radius 3 is 2.44 bits per heavy atom. The molecule has 0 bridgehead atoms. The number of anilines is 1. The molecule has 2 aliphatic heterocycles.